The van der Waals surface area contributed by atoms with Crippen LogP contribution >= 0.6 is 11.3 Å². The smallest absolute Gasteiger partial charge is 0.249 e. The summed E-state index contributed by atoms with van der Waals surface area (Å²) in [5, 5.41) is 12.2. The van der Waals surface area contributed by atoms with Gasteiger partial charge in [0.15, 0.2) is 0 Å². The van der Waals surface area contributed by atoms with Crippen molar-refractivity contribution in [3.05, 3.63) is 24.3 Å². The maximum Gasteiger partial charge on any atom is 0.249 e. The maximum atomic E-state index is 12.6. The molecule has 4 rings (SSSR count). The lowest BCUT2D eigenvalue weighted by Crippen LogP contribution is -2.43. The molecule has 2 aliphatic rings. The average Bonchev–Trinajstić information content (AvgIpc) is 3.21. The number of amides is 2. The van der Waals surface area contributed by atoms with Gasteiger partial charge in [0.05, 0.1) is 7.11 Å². The van der Waals surface area contributed by atoms with Gasteiger partial charge < -0.3 is 9.64 Å². The summed E-state index contributed by atoms with van der Waals surface area (Å²) >= 11 is 1.32. The first-order valence-electron chi connectivity index (χ1n) is 8.75. The van der Waals surface area contributed by atoms with Crippen molar-refractivity contribution in [1.29, 1.82) is 0 Å². The van der Waals surface area contributed by atoms with Crippen molar-refractivity contribution < 1.29 is 14.3 Å². The molecule has 1 saturated carbocycles. The summed E-state index contributed by atoms with van der Waals surface area (Å²) in [6.45, 7) is 0.667. The molecule has 7 nitrogen and oxygen atoms in total. The molecular weight excluding hydrogens is 352 g/mol. The number of methoxy groups -OCH3 is 1. The van der Waals surface area contributed by atoms with Crippen molar-refractivity contribution in [2.45, 2.75) is 31.7 Å². The third-order valence-corrected chi connectivity index (χ3v) is 5.64. The summed E-state index contributed by atoms with van der Waals surface area (Å²) in [5.74, 6) is 0.854. The Balaban J connectivity index is 1.43. The number of ether oxygens (including phenoxy) is 1. The number of anilines is 1. The van der Waals surface area contributed by atoms with E-state index in [1.165, 1.54) is 11.3 Å². The lowest BCUT2D eigenvalue weighted by Gasteiger charge is -2.23. The number of benzene rings is 1. The maximum absolute atomic E-state index is 12.6. The molecule has 136 valence electrons. The molecule has 2 aromatic rings. The zero-order valence-electron chi connectivity index (χ0n) is 14.5. The fraction of sp³-hybridized carbons (Fsp3) is 0.444. The third-order valence-electron chi connectivity index (χ3n) is 4.76. The van der Waals surface area contributed by atoms with Gasteiger partial charge in [0, 0.05) is 18.0 Å². The van der Waals surface area contributed by atoms with E-state index in [1.807, 2.05) is 24.3 Å². The van der Waals surface area contributed by atoms with Crippen molar-refractivity contribution >= 4 is 28.3 Å². The van der Waals surface area contributed by atoms with Gasteiger partial charge in [0.25, 0.3) is 0 Å². The minimum absolute atomic E-state index is 0.124. The average molecular weight is 372 g/mol. The Morgan fingerprint density at radius 1 is 1.19 bits per heavy atom. The molecule has 1 aromatic heterocycles. The molecule has 0 spiro atoms. The van der Waals surface area contributed by atoms with E-state index in [2.05, 4.69) is 15.5 Å². The van der Waals surface area contributed by atoms with Crippen molar-refractivity contribution in [2.75, 3.05) is 19.0 Å². The van der Waals surface area contributed by atoms with E-state index >= 15 is 0 Å². The molecule has 26 heavy (non-hydrogen) atoms. The van der Waals surface area contributed by atoms with E-state index < -0.39 is 6.04 Å². The molecule has 2 amide bonds. The Labute approximate surface area is 155 Å². The number of likely N-dealkylation sites (tertiary alicyclic amines) is 1. The summed E-state index contributed by atoms with van der Waals surface area (Å²) in [6.07, 6.45) is 3.47. The second-order valence-electron chi connectivity index (χ2n) is 6.59. The summed E-state index contributed by atoms with van der Waals surface area (Å²) in [7, 11) is 1.62. The van der Waals surface area contributed by atoms with Crippen LogP contribution in [0.1, 0.15) is 25.7 Å². The van der Waals surface area contributed by atoms with Gasteiger partial charge in [0.1, 0.15) is 16.8 Å². The Morgan fingerprint density at radius 2 is 1.96 bits per heavy atom. The first-order valence-corrected chi connectivity index (χ1v) is 9.56. The number of hydrogen-bond acceptors (Lipinski definition) is 6. The number of nitrogens with one attached hydrogen (secondary N) is 1. The van der Waals surface area contributed by atoms with Crippen molar-refractivity contribution in [2.24, 2.45) is 5.92 Å². The quantitative estimate of drug-likeness (QED) is 0.872. The van der Waals surface area contributed by atoms with E-state index in [9.17, 15) is 9.59 Å². The van der Waals surface area contributed by atoms with Gasteiger partial charge in [0.2, 0.25) is 16.9 Å². The van der Waals surface area contributed by atoms with Crippen molar-refractivity contribution in [3.8, 4) is 16.3 Å². The first kappa shape index (κ1) is 17.0. The molecule has 1 aliphatic carbocycles. The van der Waals surface area contributed by atoms with E-state index in [0.717, 1.165) is 35.6 Å². The van der Waals surface area contributed by atoms with Gasteiger partial charge in [-0.15, -0.1) is 10.2 Å². The lowest BCUT2D eigenvalue weighted by atomic mass is 10.2. The second-order valence-corrected chi connectivity index (χ2v) is 7.57. The molecular formula is C18H20N4O3S. The molecule has 0 radical (unpaired) electrons. The van der Waals surface area contributed by atoms with Gasteiger partial charge in [-0.05, 0) is 49.9 Å². The normalized spacial score (nSPS) is 19.4. The van der Waals surface area contributed by atoms with Gasteiger partial charge in [-0.2, -0.15) is 0 Å². The predicted octanol–water partition coefficient (Wildman–Crippen LogP) is 2.55. The number of aromatic nitrogens is 2. The molecule has 0 bridgehead atoms. The summed E-state index contributed by atoms with van der Waals surface area (Å²) < 4.78 is 5.15. The summed E-state index contributed by atoms with van der Waals surface area (Å²) in [6, 6.07) is 7.12. The van der Waals surface area contributed by atoms with E-state index in [-0.39, 0.29) is 17.7 Å². The van der Waals surface area contributed by atoms with Crippen molar-refractivity contribution in [3.63, 3.8) is 0 Å². The van der Waals surface area contributed by atoms with Crippen LogP contribution in [0.2, 0.25) is 0 Å². The fourth-order valence-electron chi connectivity index (χ4n) is 3.18. The fourth-order valence-corrected chi connectivity index (χ4v) is 3.93. The molecule has 8 heteroatoms. The predicted molar refractivity (Wildman–Crippen MR) is 98.0 cm³/mol. The van der Waals surface area contributed by atoms with Crippen LogP contribution in [-0.2, 0) is 9.59 Å². The Bertz CT molecular complexity index is 816. The number of rotatable bonds is 5. The number of carbonyl (C=O) groups is 2. The van der Waals surface area contributed by atoms with Crippen LogP contribution in [0, 0.1) is 5.92 Å². The molecule has 1 saturated heterocycles. The summed E-state index contributed by atoms with van der Waals surface area (Å²) in [4.78, 5) is 26.7. The lowest BCUT2D eigenvalue weighted by molar-refractivity contribution is -0.137. The van der Waals surface area contributed by atoms with Crippen LogP contribution in [0.5, 0.6) is 5.75 Å². The van der Waals surface area contributed by atoms with Crippen LogP contribution in [0.4, 0.5) is 5.13 Å². The van der Waals surface area contributed by atoms with Crippen LogP contribution in [0.3, 0.4) is 0 Å². The molecule has 1 N–H and O–H groups in total. The SMILES string of the molecule is COc1ccc(-c2nnc(NC(=O)C3CCCN3C(=O)C3CC3)s2)cc1. The highest BCUT2D eigenvalue weighted by atomic mass is 32.1. The Morgan fingerprint density at radius 3 is 2.65 bits per heavy atom. The highest BCUT2D eigenvalue weighted by Crippen LogP contribution is 2.34. The van der Waals surface area contributed by atoms with Crippen LogP contribution in [0.25, 0.3) is 10.6 Å². The highest BCUT2D eigenvalue weighted by molar-refractivity contribution is 7.18. The Kier molecular flexibility index (Phi) is 4.58. The summed E-state index contributed by atoms with van der Waals surface area (Å²) in [5.41, 5.74) is 0.912. The largest absolute Gasteiger partial charge is 0.497 e. The van der Waals surface area contributed by atoms with Crippen LogP contribution < -0.4 is 10.1 Å². The molecule has 1 aliphatic heterocycles. The Hall–Kier alpha value is -2.48. The number of hydrogen-bond donors (Lipinski definition) is 1. The zero-order chi connectivity index (χ0) is 18.1. The molecule has 2 heterocycles. The zero-order valence-corrected chi connectivity index (χ0v) is 15.3. The van der Waals surface area contributed by atoms with Gasteiger partial charge in [-0.1, -0.05) is 11.3 Å². The molecule has 2 fully saturated rings. The minimum atomic E-state index is -0.392. The van der Waals surface area contributed by atoms with Gasteiger partial charge in [-0.25, -0.2) is 0 Å². The van der Waals surface area contributed by atoms with Gasteiger partial charge >= 0.3 is 0 Å². The number of nitrogens with zero attached hydrogens (tertiary/aromatic N) is 3. The molecule has 1 unspecified atom stereocenters. The van der Waals surface area contributed by atoms with E-state index in [0.29, 0.717) is 18.1 Å². The third kappa shape index (κ3) is 3.41. The van der Waals surface area contributed by atoms with Gasteiger partial charge in [-0.3, -0.25) is 14.9 Å². The standard InChI is InChI=1S/C18H20N4O3S/c1-25-13-8-6-11(7-9-13)16-20-21-18(26-16)19-15(23)14-3-2-10-22(14)17(24)12-4-5-12/h6-9,12,14H,2-5,10H2,1H3,(H,19,21,23). The van der Waals surface area contributed by atoms with E-state index in [1.54, 1.807) is 12.0 Å². The van der Waals surface area contributed by atoms with Crippen molar-refractivity contribution in [1.82, 2.24) is 15.1 Å². The van der Waals surface area contributed by atoms with E-state index in [4.69, 9.17) is 4.74 Å². The molecule has 1 atom stereocenters. The first-order chi connectivity index (χ1) is 12.7. The highest BCUT2D eigenvalue weighted by Gasteiger charge is 2.41. The number of carbonyl (C=O) groups excluding carboxylic acids is 2. The van der Waals surface area contributed by atoms with Crippen LogP contribution in [0.15, 0.2) is 24.3 Å². The molecule has 1 aromatic carbocycles. The van der Waals surface area contributed by atoms with Crippen LogP contribution in [-0.4, -0.2) is 46.6 Å². The second kappa shape index (κ2) is 7.03. The monoisotopic (exact) mass is 372 g/mol. The topological polar surface area (TPSA) is 84.4 Å². The minimum Gasteiger partial charge on any atom is -0.497 e.